The predicted molar refractivity (Wildman–Crippen MR) is 62.1 cm³/mol. The van der Waals surface area contributed by atoms with Crippen LogP contribution in [0.2, 0.25) is 0 Å². The summed E-state index contributed by atoms with van der Waals surface area (Å²) in [5, 5.41) is 0. The summed E-state index contributed by atoms with van der Waals surface area (Å²) in [4.78, 5) is -1.92. The Kier molecular flexibility index (Phi) is 3.02. The Labute approximate surface area is 107 Å². The third kappa shape index (κ3) is 3.97. The summed E-state index contributed by atoms with van der Waals surface area (Å²) >= 11 is 0. The molecular formula is C11H13F5O2S. The Morgan fingerprint density at radius 3 is 2.11 bits per heavy atom. The summed E-state index contributed by atoms with van der Waals surface area (Å²) in [6.07, 6.45) is 1.90. The topological polar surface area (TPSA) is 18.5 Å². The largest absolute Gasteiger partial charge is 0.465 e. The van der Waals surface area contributed by atoms with E-state index in [1.165, 1.54) is 0 Å². The van der Waals surface area contributed by atoms with Crippen molar-refractivity contribution in [3.8, 4) is 5.75 Å². The van der Waals surface area contributed by atoms with E-state index in [0.29, 0.717) is 25.2 Å². The van der Waals surface area contributed by atoms with Crippen LogP contribution in [0.1, 0.15) is 19.3 Å². The molecule has 0 spiro atoms. The molecule has 1 saturated heterocycles. The van der Waals surface area contributed by atoms with Crippen molar-refractivity contribution in [2.75, 3.05) is 6.61 Å². The molecule has 0 unspecified atom stereocenters. The van der Waals surface area contributed by atoms with E-state index in [4.69, 9.17) is 9.47 Å². The van der Waals surface area contributed by atoms with Crippen molar-refractivity contribution in [1.29, 1.82) is 0 Å². The first-order chi connectivity index (χ1) is 8.54. The third-order valence-electron chi connectivity index (χ3n) is 2.67. The van der Waals surface area contributed by atoms with Gasteiger partial charge in [-0.3, -0.25) is 0 Å². The van der Waals surface area contributed by atoms with E-state index < -0.39 is 21.4 Å². The van der Waals surface area contributed by atoms with Crippen LogP contribution in [-0.2, 0) is 4.74 Å². The van der Waals surface area contributed by atoms with Gasteiger partial charge in [-0.1, -0.05) is 19.4 Å². The average molecular weight is 304 g/mol. The van der Waals surface area contributed by atoms with Crippen LogP contribution in [0.4, 0.5) is 19.4 Å². The van der Waals surface area contributed by atoms with Gasteiger partial charge in [0.25, 0.3) is 0 Å². The smallest absolute Gasteiger partial charge is 0.310 e. The average Bonchev–Trinajstić information content (AvgIpc) is 2.28. The highest BCUT2D eigenvalue weighted by atomic mass is 32.5. The standard InChI is InChI=1S/C11H13F5O2S/c12-19(13,14,15,16)10-6-4-9(5-7-10)18-11-3-1-2-8-17-11/h4-7,11H,1-3,8H2/t11-/m1/s1. The van der Waals surface area contributed by atoms with Crippen molar-refractivity contribution in [2.45, 2.75) is 30.4 Å². The fourth-order valence-electron chi connectivity index (χ4n) is 1.73. The van der Waals surface area contributed by atoms with Gasteiger partial charge in [-0.25, -0.2) is 0 Å². The second-order valence-electron chi connectivity index (χ2n) is 4.35. The zero-order valence-corrected chi connectivity index (χ0v) is 10.6. The number of hydrogen-bond donors (Lipinski definition) is 0. The molecule has 8 heteroatoms. The van der Waals surface area contributed by atoms with Crippen molar-refractivity contribution in [3.63, 3.8) is 0 Å². The minimum atomic E-state index is -9.60. The maximum Gasteiger partial charge on any atom is 0.310 e. The summed E-state index contributed by atoms with van der Waals surface area (Å²) in [6.45, 7) is 0.522. The normalized spacial score (nSPS) is 24.4. The highest BCUT2D eigenvalue weighted by Gasteiger charge is 2.65. The van der Waals surface area contributed by atoms with Crippen molar-refractivity contribution in [1.82, 2.24) is 0 Å². The first kappa shape index (κ1) is 14.4. The molecule has 0 bridgehead atoms. The quantitative estimate of drug-likeness (QED) is 0.710. The molecule has 19 heavy (non-hydrogen) atoms. The third-order valence-corrected chi connectivity index (χ3v) is 3.84. The lowest BCUT2D eigenvalue weighted by Crippen LogP contribution is -2.24. The van der Waals surface area contributed by atoms with Gasteiger partial charge in [0.05, 0.1) is 6.61 Å². The number of hydrogen-bond acceptors (Lipinski definition) is 2. The Morgan fingerprint density at radius 2 is 1.63 bits per heavy atom. The molecule has 1 aromatic carbocycles. The molecule has 1 aliphatic rings. The molecule has 110 valence electrons. The molecule has 1 fully saturated rings. The molecule has 1 aromatic rings. The molecule has 2 nitrogen and oxygen atoms in total. The van der Waals surface area contributed by atoms with Crippen molar-refractivity contribution >= 4 is 10.2 Å². The van der Waals surface area contributed by atoms with E-state index in [2.05, 4.69) is 0 Å². The minimum Gasteiger partial charge on any atom is -0.465 e. The monoisotopic (exact) mass is 304 g/mol. The number of ether oxygens (including phenoxy) is 2. The summed E-state index contributed by atoms with van der Waals surface area (Å²) in [5.41, 5.74) is 0. The molecule has 0 aliphatic carbocycles. The van der Waals surface area contributed by atoms with Crippen molar-refractivity contribution in [2.24, 2.45) is 0 Å². The van der Waals surface area contributed by atoms with Crippen LogP contribution in [-0.4, -0.2) is 12.9 Å². The van der Waals surface area contributed by atoms with Crippen LogP contribution >= 0.6 is 10.2 Å². The fraction of sp³-hybridized carbons (Fsp3) is 0.455. The van der Waals surface area contributed by atoms with E-state index in [0.717, 1.165) is 25.0 Å². The lowest BCUT2D eigenvalue weighted by molar-refractivity contribution is -0.105. The number of benzene rings is 1. The zero-order valence-electron chi connectivity index (χ0n) is 9.83. The second kappa shape index (κ2) is 3.99. The van der Waals surface area contributed by atoms with Gasteiger partial charge < -0.3 is 9.47 Å². The first-order valence-electron chi connectivity index (χ1n) is 5.67. The van der Waals surface area contributed by atoms with E-state index in [1.54, 1.807) is 0 Å². The van der Waals surface area contributed by atoms with Crippen LogP contribution < -0.4 is 4.74 Å². The van der Waals surface area contributed by atoms with Gasteiger partial charge in [0.15, 0.2) is 6.29 Å². The van der Waals surface area contributed by atoms with Gasteiger partial charge in [0.2, 0.25) is 0 Å². The molecule has 0 radical (unpaired) electrons. The maximum atomic E-state index is 12.5. The van der Waals surface area contributed by atoms with Crippen molar-refractivity contribution in [3.05, 3.63) is 24.3 Å². The molecule has 1 aliphatic heterocycles. The summed E-state index contributed by atoms with van der Waals surface area (Å²) in [5.74, 6) is 0.0810. The fourth-order valence-corrected chi connectivity index (χ4v) is 2.38. The molecule has 1 atom stereocenters. The number of halogens is 5. The van der Waals surface area contributed by atoms with Crippen molar-refractivity contribution < 1.29 is 28.9 Å². The van der Waals surface area contributed by atoms with Crippen LogP contribution in [0.25, 0.3) is 0 Å². The highest BCUT2D eigenvalue weighted by Crippen LogP contribution is 3.02. The van der Waals surface area contributed by atoms with Gasteiger partial charge in [-0.05, 0) is 37.1 Å². The Morgan fingerprint density at radius 1 is 1.00 bits per heavy atom. The SMILES string of the molecule is FS(F)(F)(F)(F)c1ccc(O[C@@H]2CCCCO2)cc1. The van der Waals surface area contributed by atoms with Gasteiger partial charge in [-0.2, -0.15) is 0 Å². The van der Waals surface area contributed by atoms with E-state index >= 15 is 0 Å². The molecule has 2 rings (SSSR count). The summed E-state index contributed by atoms with van der Waals surface area (Å²) in [6, 6.07) is 2.43. The molecule has 0 aromatic heterocycles. The molecule has 1 heterocycles. The summed E-state index contributed by atoms with van der Waals surface area (Å²) < 4.78 is 72.9. The Bertz CT molecular complexity index is 450. The Hall–Kier alpha value is -1.02. The molecule has 0 N–H and O–H groups in total. The lowest BCUT2D eigenvalue weighted by atomic mass is 10.2. The van der Waals surface area contributed by atoms with Crippen LogP contribution in [0.5, 0.6) is 5.75 Å². The maximum absolute atomic E-state index is 12.5. The van der Waals surface area contributed by atoms with E-state index in [1.807, 2.05) is 0 Å². The van der Waals surface area contributed by atoms with Gasteiger partial charge >= 0.3 is 10.2 Å². The minimum absolute atomic E-state index is 0.0810. The second-order valence-corrected chi connectivity index (χ2v) is 6.76. The highest BCUT2D eigenvalue weighted by molar-refractivity contribution is 8.45. The van der Waals surface area contributed by atoms with Gasteiger partial charge in [0, 0.05) is 6.42 Å². The Balaban J connectivity index is 2.11. The summed E-state index contributed by atoms with van der Waals surface area (Å²) in [7, 11) is -9.60. The molecular weight excluding hydrogens is 291 g/mol. The van der Waals surface area contributed by atoms with Gasteiger partial charge in [0.1, 0.15) is 10.6 Å². The first-order valence-corrected chi connectivity index (χ1v) is 7.62. The van der Waals surface area contributed by atoms with Crippen LogP contribution in [0.15, 0.2) is 29.2 Å². The van der Waals surface area contributed by atoms with E-state index in [9.17, 15) is 19.4 Å². The lowest BCUT2D eigenvalue weighted by Gasteiger charge is -2.40. The molecule has 0 amide bonds. The number of rotatable bonds is 3. The van der Waals surface area contributed by atoms with Crippen LogP contribution in [0.3, 0.4) is 0 Å². The zero-order chi connectivity index (χ0) is 14.2. The molecule has 0 saturated carbocycles. The van der Waals surface area contributed by atoms with Gasteiger partial charge in [-0.15, -0.1) is 0 Å². The van der Waals surface area contributed by atoms with Crippen LogP contribution in [0, 0.1) is 0 Å². The van der Waals surface area contributed by atoms with E-state index in [-0.39, 0.29) is 5.75 Å². The predicted octanol–water partition coefficient (Wildman–Crippen LogP) is 5.25.